The van der Waals surface area contributed by atoms with E-state index in [4.69, 9.17) is 15.2 Å². The molecule has 0 bridgehead atoms. The molecule has 3 amide bonds. The minimum atomic E-state index is -0.530. The van der Waals surface area contributed by atoms with Gasteiger partial charge in [-0.15, -0.1) is 0 Å². The van der Waals surface area contributed by atoms with Gasteiger partial charge in [-0.05, 0) is 12.1 Å². The topological polar surface area (TPSA) is 85.1 Å². The number of benzene rings is 1. The zero-order valence-corrected chi connectivity index (χ0v) is 11.5. The van der Waals surface area contributed by atoms with Crippen molar-refractivity contribution >= 4 is 17.6 Å². The standard InChI is InChI=1S/C13H17N3O4/c1-19-9-3-4-11(20-2)10(7-9)16-6-5-15(13(16)18)8-12(14)17/h3-4,7H,5-6,8H2,1-2H3,(H2,14,17). The van der Waals surface area contributed by atoms with E-state index in [0.29, 0.717) is 30.3 Å². The summed E-state index contributed by atoms with van der Waals surface area (Å²) in [7, 11) is 3.09. The second-order valence-electron chi connectivity index (χ2n) is 4.36. The Balaban J connectivity index is 2.28. The predicted octanol–water partition coefficient (Wildman–Crippen LogP) is 0.431. The van der Waals surface area contributed by atoms with Gasteiger partial charge in [0.25, 0.3) is 0 Å². The van der Waals surface area contributed by atoms with E-state index in [-0.39, 0.29) is 12.6 Å². The van der Waals surface area contributed by atoms with Crippen molar-refractivity contribution in [2.24, 2.45) is 5.73 Å². The lowest BCUT2D eigenvalue weighted by atomic mass is 10.2. The average molecular weight is 279 g/mol. The minimum absolute atomic E-state index is 0.0817. The van der Waals surface area contributed by atoms with Crippen LogP contribution in [0.2, 0.25) is 0 Å². The highest BCUT2D eigenvalue weighted by atomic mass is 16.5. The van der Waals surface area contributed by atoms with E-state index < -0.39 is 5.91 Å². The molecule has 1 heterocycles. The molecule has 1 aliphatic heterocycles. The number of amides is 3. The number of methoxy groups -OCH3 is 2. The van der Waals surface area contributed by atoms with Gasteiger partial charge in [-0.1, -0.05) is 0 Å². The predicted molar refractivity (Wildman–Crippen MR) is 73.1 cm³/mol. The molecule has 2 rings (SSSR count). The normalized spacial score (nSPS) is 14.6. The molecular weight excluding hydrogens is 262 g/mol. The number of carbonyl (C=O) groups excluding carboxylic acids is 2. The number of anilines is 1. The summed E-state index contributed by atoms with van der Waals surface area (Å²) in [6.45, 7) is 0.833. The Hall–Kier alpha value is -2.44. The molecule has 0 atom stereocenters. The summed E-state index contributed by atoms with van der Waals surface area (Å²) in [5.74, 6) is 0.667. The van der Waals surface area contributed by atoms with Crippen LogP contribution in [0.3, 0.4) is 0 Å². The van der Waals surface area contributed by atoms with Crippen LogP contribution in [0.15, 0.2) is 18.2 Å². The van der Waals surface area contributed by atoms with Crippen LogP contribution < -0.4 is 20.1 Å². The van der Waals surface area contributed by atoms with Gasteiger partial charge in [0.2, 0.25) is 5.91 Å². The third-order valence-electron chi connectivity index (χ3n) is 3.12. The summed E-state index contributed by atoms with van der Waals surface area (Å²) < 4.78 is 10.4. The van der Waals surface area contributed by atoms with Crippen molar-refractivity contribution in [2.75, 3.05) is 38.8 Å². The number of rotatable bonds is 5. The van der Waals surface area contributed by atoms with Crippen LogP contribution in [0.25, 0.3) is 0 Å². The summed E-state index contributed by atoms with van der Waals surface area (Å²) >= 11 is 0. The van der Waals surface area contributed by atoms with Crippen LogP contribution >= 0.6 is 0 Å². The number of primary amides is 1. The van der Waals surface area contributed by atoms with E-state index in [2.05, 4.69) is 0 Å². The molecule has 1 fully saturated rings. The van der Waals surface area contributed by atoms with Crippen molar-refractivity contribution in [1.29, 1.82) is 0 Å². The molecule has 7 nitrogen and oxygen atoms in total. The smallest absolute Gasteiger partial charge is 0.325 e. The van der Waals surface area contributed by atoms with Gasteiger partial charge in [-0.3, -0.25) is 9.69 Å². The Labute approximate surface area is 116 Å². The molecule has 2 N–H and O–H groups in total. The molecule has 0 aromatic heterocycles. The van der Waals surface area contributed by atoms with Gasteiger partial charge in [-0.25, -0.2) is 4.79 Å². The zero-order valence-electron chi connectivity index (χ0n) is 11.5. The van der Waals surface area contributed by atoms with Gasteiger partial charge in [-0.2, -0.15) is 0 Å². The molecule has 0 unspecified atom stereocenters. The van der Waals surface area contributed by atoms with Crippen LogP contribution in [0.4, 0.5) is 10.5 Å². The molecular formula is C13H17N3O4. The molecule has 0 aliphatic carbocycles. The van der Waals surface area contributed by atoms with E-state index in [9.17, 15) is 9.59 Å². The molecule has 1 saturated heterocycles. The van der Waals surface area contributed by atoms with E-state index in [0.717, 1.165) is 0 Å². The summed E-state index contributed by atoms with van der Waals surface area (Å²) in [5, 5.41) is 0. The van der Waals surface area contributed by atoms with Crippen LogP contribution in [0.5, 0.6) is 11.5 Å². The molecule has 108 valence electrons. The second-order valence-corrected chi connectivity index (χ2v) is 4.36. The van der Waals surface area contributed by atoms with Gasteiger partial charge >= 0.3 is 6.03 Å². The second kappa shape index (κ2) is 5.68. The lowest BCUT2D eigenvalue weighted by Crippen LogP contribution is -2.37. The highest BCUT2D eigenvalue weighted by Crippen LogP contribution is 2.34. The first kappa shape index (κ1) is 14.0. The van der Waals surface area contributed by atoms with E-state index in [1.807, 2.05) is 0 Å². The average Bonchev–Trinajstić information content (AvgIpc) is 2.78. The minimum Gasteiger partial charge on any atom is -0.497 e. The number of urea groups is 1. The fraction of sp³-hybridized carbons (Fsp3) is 0.385. The van der Waals surface area contributed by atoms with Crippen molar-refractivity contribution in [3.8, 4) is 11.5 Å². The number of hydrogen-bond donors (Lipinski definition) is 1. The molecule has 0 saturated carbocycles. The van der Waals surface area contributed by atoms with Gasteiger partial charge < -0.3 is 20.1 Å². The Morgan fingerprint density at radius 1 is 1.30 bits per heavy atom. The van der Waals surface area contributed by atoms with Gasteiger partial charge in [0.05, 0.1) is 19.9 Å². The number of nitrogens with zero attached hydrogens (tertiary/aromatic N) is 2. The van der Waals surface area contributed by atoms with Gasteiger partial charge in [0.1, 0.15) is 18.0 Å². The van der Waals surface area contributed by atoms with Crippen LogP contribution in [0.1, 0.15) is 0 Å². The molecule has 20 heavy (non-hydrogen) atoms. The molecule has 7 heteroatoms. The van der Waals surface area contributed by atoms with Crippen molar-refractivity contribution < 1.29 is 19.1 Å². The summed E-state index contributed by atoms with van der Waals surface area (Å²) in [4.78, 5) is 26.1. The fourth-order valence-electron chi connectivity index (χ4n) is 2.15. The Kier molecular flexibility index (Phi) is 3.97. The van der Waals surface area contributed by atoms with E-state index in [1.165, 1.54) is 12.0 Å². The maximum atomic E-state index is 12.3. The summed E-state index contributed by atoms with van der Waals surface area (Å²) in [5.41, 5.74) is 5.74. The van der Waals surface area contributed by atoms with Crippen molar-refractivity contribution in [2.45, 2.75) is 0 Å². The largest absolute Gasteiger partial charge is 0.497 e. The molecule has 1 aromatic rings. The quantitative estimate of drug-likeness (QED) is 0.847. The lowest BCUT2D eigenvalue weighted by molar-refractivity contribution is -0.118. The Morgan fingerprint density at radius 3 is 2.65 bits per heavy atom. The lowest BCUT2D eigenvalue weighted by Gasteiger charge is -2.20. The first-order valence-electron chi connectivity index (χ1n) is 6.13. The van der Waals surface area contributed by atoms with E-state index >= 15 is 0 Å². The molecule has 1 aromatic carbocycles. The van der Waals surface area contributed by atoms with Crippen LogP contribution in [0, 0.1) is 0 Å². The summed E-state index contributed by atoms with van der Waals surface area (Å²) in [6.07, 6.45) is 0. The van der Waals surface area contributed by atoms with Crippen molar-refractivity contribution in [3.05, 3.63) is 18.2 Å². The highest BCUT2D eigenvalue weighted by molar-refractivity contribution is 5.97. The van der Waals surface area contributed by atoms with Crippen LogP contribution in [-0.2, 0) is 4.79 Å². The van der Waals surface area contributed by atoms with Crippen molar-refractivity contribution in [3.63, 3.8) is 0 Å². The van der Waals surface area contributed by atoms with Crippen LogP contribution in [-0.4, -0.2) is 50.7 Å². The molecule has 0 radical (unpaired) electrons. The monoisotopic (exact) mass is 279 g/mol. The highest BCUT2D eigenvalue weighted by Gasteiger charge is 2.32. The van der Waals surface area contributed by atoms with Crippen molar-refractivity contribution in [1.82, 2.24) is 4.90 Å². The number of nitrogens with two attached hydrogens (primary N) is 1. The number of hydrogen-bond acceptors (Lipinski definition) is 4. The first-order valence-corrected chi connectivity index (χ1v) is 6.13. The summed E-state index contributed by atoms with van der Waals surface area (Å²) in [6, 6.07) is 4.95. The maximum absolute atomic E-state index is 12.3. The Morgan fingerprint density at radius 2 is 2.05 bits per heavy atom. The van der Waals surface area contributed by atoms with E-state index in [1.54, 1.807) is 30.2 Å². The molecule has 1 aliphatic rings. The zero-order chi connectivity index (χ0) is 14.7. The Bertz CT molecular complexity index is 532. The number of carbonyl (C=O) groups is 2. The fourth-order valence-corrected chi connectivity index (χ4v) is 2.15. The van der Waals surface area contributed by atoms with Gasteiger partial charge in [0.15, 0.2) is 0 Å². The molecule has 0 spiro atoms. The van der Waals surface area contributed by atoms with Gasteiger partial charge in [0, 0.05) is 19.2 Å². The third kappa shape index (κ3) is 2.61. The third-order valence-corrected chi connectivity index (χ3v) is 3.12. The first-order chi connectivity index (χ1) is 9.56. The maximum Gasteiger partial charge on any atom is 0.325 e. The SMILES string of the molecule is COc1ccc(OC)c(N2CCN(CC(N)=O)C2=O)c1. The number of ether oxygens (including phenoxy) is 2.